The topological polar surface area (TPSA) is 220 Å². The highest BCUT2D eigenvalue weighted by Crippen LogP contribution is 2.54. The number of benzene rings is 2. The number of nitrogens with zero attached hydrogens (tertiary/aromatic N) is 2. The first-order valence-corrected chi connectivity index (χ1v) is 17.5. The number of anilines is 1. The molecule has 2 saturated heterocycles. The molecule has 3 aromatic rings. The number of aliphatic hydroxyl groups is 1. The first-order chi connectivity index (χ1) is 24.3. The zero-order valence-electron chi connectivity index (χ0n) is 27.3. The number of ketones is 1. The van der Waals surface area contributed by atoms with Gasteiger partial charge in [0.2, 0.25) is 5.79 Å². The zero-order valence-corrected chi connectivity index (χ0v) is 29.0. The SMILES string of the molecule is COc1ccc(C(=O)Nc2ccn([C@@H]3O[C@H](COC(=O)CCC(C)=O)[C@](O)(OP(=O)(O)Oc4ccccc4Cl)[C@H]3OC3CCCO3)c(=O)n2)cc1. The van der Waals surface area contributed by atoms with Crippen LogP contribution >= 0.6 is 19.4 Å². The minimum Gasteiger partial charge on any atom is -0.497 e. The van der Waals surface area contributed by atoms with Gasteiger partial charge in [0, 0.05) is 31.2 Å². The van der Waals surface area contributed by atoms with Gasteiger partial charge in [0.25, 0.3) is 5.91 Å². The van der Waals surface area contributed by atoms with E-state index in [0.29, 0.717) is 18.6 Å². The summed E-state index contributed by atoms with van der Waals surface area (Å²) in [5.74, 6) is -4.55. The highest BCUT2D eigenvalue weighted by Gasteiger charge is 2.63. The maximum Gasteiger partial charge on any atom is 0.530 e. The largest absolute Gasteiger partial charge is 0.530 e. The number of carbonyl (C=O) groups is 3. The average Bonchev–Trinajstić information content (AvgIpc) is 3.69. The second-order valence-electron chi connectivity index (χ2n) is 11.4. The number of Topliss-reactive ketones (excluding diaryl/α,β-unsaturated/α-hetero) is 1. The number of aromatic nitrogens is 2. The van der Waals surface area contributed by atoms with Crippen LogP contribution in [0.25, 0.3) is 0 Å². The molecule has 0 spiro atoms. The Morgan fingerprint density at radius 3 is 2.53 bits per heavy atom. The number of para-hydroxylation sites is 1. The van der Waals surface area contributed by atoms with Crippen molar-refractivity contribution in [3.05, 3.63) is 81.9 Å². The summed E-state index contributed by atoms with van der Waals surface area (Å²) < 4.78 is 52.8. The average molecular weight is 752 g/mol. The third kappa shape index (κ3) is 9.58. The van der Waals surface area contributed by atoms with Crippen LogP contribution in [-0.2, 0) is 37.6 Å². The van der Waals surface area contributed by atoms with Crippen molar-refractivity contribution in [2.45, 2.75) is 63.1 Å². The lowest BCUT2D eigenvalue weighted by atomic mass is 10.1. The van der Waals surface area contributed by atoms with E-state index < -0.39 is 62.5 Å². The Kier molecular flexibility index (Phi) is 12.3. The van der Waals surface area contributed by atoms with Crippen molar-refractivity contribution < 1.29 is 61.7 Å². The Labute approximate surface area is 295 Å². The third-order valence-corrected chi connectivity index (χ3v) is 8.97. The zero-order chi connectivity index (χ0) is 36.8. The van der Waals surface area contributed by atoms with E-state index in [1.54, 1.807) is 18.2 Å². The molecule has 0 bridgehead atoms. The normalized spacial score (nSPS) is 24.0. The number of hydrogen-bond donors (Lipinski definition) is 3. The molecular formula is C32H35ClN3O14P. The predicted octanol–water partition coefficient (Wildman–Crippen LogP) is 3.37. The molecule has 1 aromatic heterocycles. The summed E-state index contributed by atoms with van der Waals surface area (Å²) >= 11 is 6.10. The Morgan fingerprint density at radius 1 is 1.14 bits per heavy atom. The van der Waals surface area contributed by atoms with E-state index in [-0.39, 0.29) is 47.4 Å². The minimum absolute atomic E-state index is 0.0529. The summed E-state index contributed by atoms with van der Waals surface area (Å²) in [7, 11) is -3.84. The molecule has 5 rings (SSSR count). The van der Waals surface area contributed by atoms with Crippen molar-refractivity contribution in [3.8, 4) is 11.5 Å². The summed E-state index contributed by atoms with van der Waals surface area (Å²) in [6.45, 7) is 0.786. The standard InChI is InChI=1S/C32H35ClN3O14P/c1-19(37)9-14-26(38)46-18-24-32(41,50-51(42,43)49-23-7-4-3-6-22(23)33)28(48-27-8-5-17-45-27)30(47-24)36-16-15-25(35-31(36)40)34-29(39)20-10-12-21(44-2)13-11-20/h3-4,6-7,10-13,15-16,24,27-28,30,41H,5,8-9,14,17-18H2,1-2H3,(H,42,43)(H,34,35,39,40)/t24-,27?,28+,30-,32+/m1/s1. The van der Waals surface area contributed by atoms with E-state index in [9.17, 15) is 33.7 Å². The van der Waals surface area contributed by atoms with Gasteiger partial charge >= 0.3 is 19.5 Å². The van der Waals surface area contributed by atoms with Crippen LogP contribution in [0.15, 0.2) is 65.6 Å². The van der Waals surface area contributed by atoms with Gasteiger partial charge in [0.1, 0.15) is 29.7 Å². The number of hydrogen-bond acceptors (Lipinski definition) is 14. The van der Waals surface area contributed by atoms with Crippen LogP contribution in [0.5, 0.6) is 11.5 Å². The molecule has 0 saturated carbocycles. The molecule has 1 amide bonds. The molecule has 19 heteroatoms. The molecule has 2 unspecified atom stereocenters. The molecule has 0 aliphatic carbocycles. The molecule has 2 aliphatic heterocycles. The van der Waals surface area contributed by atoms with E-state index >= 15 is 0 Å². The fraction of sp³-hybridized carbons (Fsp3) is 0.406. The van der Waals surface area contributed by atoms with Crippen molar-refractivity contribution in [3.63, 3.8) is 0 Å². The molecule has 2 fully saturated rings. The molecule has 274 valence electrons. The molecule has 51 heavy (non-hydrogen) atoms. The predicted molar refractivity (Wildman–Crippen MR) is 176 cm³/mol. The quantitative estimate of drug-likeness (QED) is 0.115. The van der Waals surface area contributed by atoms with Gasteiger partial charge in [-0.25, -0.2) is 13.9 Å². The van der Waals surface area contributed by atoms with Gasteiger partial charge in [-0.2, -0.15) is 4.98 Å². The highest BCUT2D eigenvalue weighted by atomic mass is 35.5. The molecule has 3 heterocycles. The highest BCUT2D eigenvalue weighted by molar-refractivity contribution is 7.47. The van der Waals surface area contributed by atoms with Crippen molar-refractivity contribution in [1.82, 2.24) is 9.55 Å². The smallest absolute Gasteiger partial charge is 0.497 e. The van der Waals surface area contributed by atoms with Crippen LogP contribution in [0.4, 0.5) is 5.82 Å². The van der Waals surface area contributed by atoms with E-state index in [0.717, 1.165) is 4.57 Å². The monoisotopic (exact) mass is 751 g/mol. The van der Waals surface area contributed by atoms with Crippen LogP contribution in [0.3, 0.4) is 0 Å². The lowest BCUT2D eigenvalue weighted by Crippen LogP contribution is -2.53. The van der Waals surface area contributed by atoms with E-state index in [2.05, 4.69) is 10.3 Å². The van der Waals surface area contributed by atoms with E-state index in [4.69, 9.17) is 44.3 Å². The molecule has 17 nitrogen and oxygen atoms in total. The van der Waals surface area contributed by atoms with Gasteiger partial charge in [-0.05, 0) is 55.8 Å². The number of halogens is 1. The summed E-state index contributed by atoms with van der Waals surface area (Å²) in [4.78, 5) is 64.9. The lowest BCUT2D eigenvalue weighted by molar-refractivity contribution is -0.267. The van der Waals surface area contributed by atoms with E-state index in [1.165, 1.54) is 56.6 Å². The minimum atomic E-state index is -5.32. The maximum atomic E-state index is 13.4. The number of esters is 1. The Balaban J connectivity index is 1.46. The van der Waals surface area contributed by atoms with Gasteiger partial charge < -0.3 is 43.4 Å². The lowest BCUT2D eigenvalue weighted by Gasteiger charge is -2.34. The third-order valence-electron chi connectivity index (χ3n) is 7.70. The van der Waals surface area contributed by atoms with Gasteiger partial charge in [-0.1, -0.05) is 23.7 Å². The van der Waals surface area contributed by atoms with E-state index in [1.807, 2.05) is 0 Å². The van der Waals surface area contributed by atoms with Crippen molar-refractivity contribution in [2.24, 2.45) is 0 Å². The van der Waals surface area contributed by atoms with Gasteiger partial charge in [0.15, 0.2) is 24.7 Å². The second kappa shape index (κ2) is 16.4. The first kappa shape index (κ1) is 38.1. The fourth-order valence-electron chi connectivity index (χ4n) is 5.16. The summed E-state index contributed by atoms with van der Waals surface area (Å²) in [5, 5.41) is 14.6. The Morgan fingerprint density at radius 2 is 1.88 bits per heavy atom. The Hall–Kier alpha value is -4.19. The number of carbonyl (C=O) groups excluding carboxylic acids is 3. The van der Waals surface area contributed by atoms with Crippen LogP contribution in [0.2, 0.25) is 5.02 Å². The number of methoxy groups -OCH3 is 1. The number of ether oxygens (including phenoxy) is 5. The number of amides is 1. The fourth-order valence-corrected chi connectivity index (χ4v) is 6.43. The van der Waals surface area contributed by atoms with Crippen LogP contribution in [0, 0.1) is 0 Å². The van der Waals surface area contributed by atoms with Gasteiger partial charge in [0.05, 0.1) is 18.6 Å². The summed E-state index contributed by atoms with van der Waals surface area (Å²) in [5.41, 5.74) is -0.754. The van der Waals surface area contributed by atoms with Crippen LogP contribution in [-0.4, -0.2) is 81.8 Å². The maximum absolute atomic E-state index is 13.4. The number of phosphoric ester groups is 1. The molecular weight excluding hydrogens is 717 g/mol. The number of phosphoric acid groups is 1. The molecule has 0 radical (unpaired) electrons. The summed E-state index contributed by atoms with van der Waals surface area (Å²) in [6.07, 6.45) is -4.61. The van der Waals surface area contributed by atoms with Gasteiger partial charge in [-0.15, -0.1) is 0 Å². The second-order valence-corrected chi connectivity index (χ2v) is 13.1. The van der Waals surface area contributed by atoms with Gasteiger partial charge in [-0.3, -0.25) is 19.0 Å². The van der Waals surface area contributed by atoms with Crippen LogP contribution in [0.1, 0.15) is 49.2 Å². The first-order valence-electron chi connectivity index (χ1n) is 15.6. The number of nitrogens with one attached hydrogen (secondary N) is 1. The van der Waals surface area contributed by atoms with Crippen LogP contribution < -0.4 is 20.3 Å². The van der Waals surface area contributed by atoms with Crippen molar-refractivity contribution in [1.29, 1.82) is 0 Å². The Bertz CT molecular complexity index is 1840. The molecule has 2 aliphatic rings. The molecule has 6 atom stereocenters. The van der Waals surface area contributed by atoms with Crippen molar-refractivity contribution >= 4 is 42.9 Å². The molecule has 2 aromatic carbocycles. The number of rotatable bonds is 15. The summed E-state index contributed by atoms with van der Waals surface area (Å²) in [6, 6.07) is 13.1. The van der Waals surface area contributed by atoms with Crippen molar-refractivity contribution in [2.75, 3.05) is 25.6 Å². The molecule has 3 N–H and O–H groups in total.